The Bertz CT molecular complexity index is 931. The zero-order valence-corrected chi connectivity index (χ0v) is 14.3. The second kappa shape index (κ2) is 5.32. The molecule has 0 amide bonds. The van der Waals surface area contributed by atoms with E-state index < -0.39 is 0 Å². The van der Waals surface area contributed by atoms with Crippen molar-refractivity contribution in [2.45, 2.75) is 26.7 Å². The van der Waals surface area contributed by atoms with E-state index in [1.165, 1.54) is 5.56 Å². The van der Waals surface area contributed by atoms with Crippen molar-refractivity contribution >= 4 is 23.2 Å². The van der Waals surface area contributed by atoms with E-state index >= 15 is 0 Å². The van der Waals surface area contributed by atoms with Gasteiger partial charge in [0, 0.05) is 24.4 Å². The average molecular weight is 345 g/mol. The molecule has 6 heteroatoms. The van der Waals surface area contributed by atoms with Crippen molar-refractivity contribution in [1.82, 2.24) is 19.7 Å². The van der Waals surface area contributed by atoms with Crippen molar-refractivity contribution in [2.24, 2.45) is 0 Å². The van der Waals surface area contributed by atoms with E-state index in [1.807, 2.05) is 30.7 Å². The van der Waals surface area contributed by atoms with Gasteiger partial charge in [-0.25, -0.2) is 0 Å². The van der Waals surface area contributed by atoms with E-state index in [0.717, 1.165) is 46.9 Å². The SMILES string of the molecule is Cc1c(Cl)cncc1-c1cc(Cl)c2c(c1)CCc1nnc(C)n1-2. The lowest BCUT2D eigenvalue weighted by Crippen LogP contribution is -2.14. The summed E-state index contributed by atoms with van der Waals surface area (Å²) in [6.45, 7) is 3.94. The fraction of sp³-hybridized carbons (Fsp3) is 0.235. The van der Waals surface area contributed by atoms with Gasteiger partial charge in [0.1, 0.15) is 11.6 Å². The van der Waals surface area contributed by atoms with Crippen LogP contribution in [0.1, 0.15) is 22.8 Å². The van der Waals surface area contributed by atoms with Crippen molar-refractivity contribution < 1.29 is 0 Å². The highest BCUT2D eigenvalue weighted by Crippen LogP contribution is 2.37. The molecule has 0 saturated heterocycles. The van der Waals surface area contributed by atoms with Crippen LogP contribution in [0.5, 0.6) is 0 Å². The number of hydrogen-bond donors (Lipinski definition) is 0. The fourth-order valence-electron chi connectivity index (χ4n) is 3.15. The van der Waals surface area contributed by atoms with Crippen LogP contribution in [0.25, 0.3) is 16.8 Å². The Morgan fingerprint density at radius 1 is 1.00 bits per heavy atom. The van der Waals surface area contributed by atoms with E-state index in [2.05, 4.69) is 21.2 Å². The molecule has 3 aromatic rings. The van der Waals surface area contributed by atoms with Gasteiger partial charge in [0.05, 0.1) is 15.7 Å². The van der Waals surface area contributed by atoms with Crippen LogP contribution in [0.15, 0.2) is 24.5 Å². The maximum absolute atomic E-state index is 6.62. The van der Waals surface area contributed by atoms with Gasteiger partial charge in [-0.15, -0.1) is 10.2 Å². The van der Waals surface area contributed by atoms with Gasteiger partial charge in [-0.3, -0.25) is 9.55 Å². The highest BCUT2D eigenvalue weighted by molar-refractivity contribution is 6.33. The van der Waals surface area contributed by atoms with E-state index in [1.54, 1.807) is 6.20 Å². The molecule has 4 nitrogen and oxygen atoms in total. The topological polar surface area (TPSA) is 43.6 Å². The normalized spacial score (nSPS) is 12.9. The summed E-state index contributed by atoms with van der Waals surface area (Å²) in [5.74, 6) is 1.82. The summed E-state index contributed by atoms with van der Waals surface area (Å²) in [7, 11) is 0. The van der Waals surface area contributed by atoms with Crippen molar-refractivity contribution in [3.05, 3.63) is 57.3 Å². The number of aryl methyl sites for hydroxylation is 3. The van der Waals surface area contributed by atoms with Gasteiger partial charge in [-0.1, -0.05) is 23.2 Å². The maximum Gasteiger partial charge on any atom is 0.137 e. The van der Waals surface area contributed by atoms with Crippen LogP contribution in [0.2, 0.25) is 10.0 Å². The van der Waals surface area contributed by atoms with Crippen molar-refractivity contribution in [3.8, 4) is 16.8 Å². The molecular weight excluding hydrogens is 331 g/mol. The quantitative estimate of drug-likeness (QED) is 0.659. The summed E-state index contributed by atoms with van der Waals surface area (Å²) in [6, 6.07) is 4.14. The van der Waals surface area contributed by atoms with E-state index in [-0.39, 0.29) is 0 Å². The highest BCUT2D eigenvalue weighted by atomic mass is 35.5. The van der Waals surface area contributed by atoms with Gasteiger partial charge in [0.2, 0.25) is 0 Å². The average Bonchev–Trinajstić information content (AvgIpc) is 2.91. The molecule has 0 N–H and O–H groups in total. The first-order valence-electron chi connectivity index (χ1n) is 7.40. The van der Waals surface area contributed by atoms with Crippen LogP contribution in [0.3, 0.4) is 0 Å². The molecule has 3 heterocycles. The van der Waals surface area contributed by atoms with E-state index in [0.29, 0.717) is 10.0 Å². The largest absolute Gasteiger partial charge is 0.281 e. The Kier molecular flexibility index (Phi) is 3.39. The molecule has 1 aromatic carbocycles. The lowest BCUT2D eigenvalue weighted by Gasteiger charge is -2.21. The molecule has 4 rings (SSSR count). The maximum atomic E-state index is 6.62. The fourth-order valence-corrected chi connectivity index (χ4v) is 3.63. The monoisotopic (exact) mass is 344 g/mol. The minimum atomic E-state index is 0.660. The van der Waals surface area contributed by atoms with Gasteiger partial charge in [-0.2, -0.15) is 0 Å². The number of pyridine rings is 1. The van der Waals surface area contributed by atoms with Gasteiger partial charge in [0.25, 0.3) is 0 Å². The zero-order valence-electron chi connectivity index (χ0n) is 12.8. The smallest absolute Gasteiger partial charge is 0.137 e. The summed E-state index contributed by atoms with van der Waals surface area (Å²) in [5, 5.41) is 9.76. The first kappa shape index (κ1) is 14.7. The second-order valence-corrected chi connectivity index (χ2v) is 6.57. The molecule has 0 bridgehead atoms. The van der Waals surface area contributed by atoms with E-state index in [4.69, 9.17) is 23.2 Å². The number of aromatic nitrogens is 4. The molecule has 0 radical (unpaired) electrons. The molecule has 116 valence electrons. The Labute approximate surface area is 144 Å². The third-order valence-corrected chi connectivity index (χ3v) is 5.01. The predicted octanol–water partition coefficient (Wildman–Crippen LogP) is 4.35. The lowest BCUT2D eigenvalue weighted by atomic mass is 9.96. The molecular formula is C17H14Cl2N4. The van der Waals surface area contributed by atoms with Gasteiger partial charge < -0.3 is 0 Å². The third kappa shape index (κ3) is 2.25. The molecule has 1 aliphatic heterocycles. The Morgan fingerprint density at radius 2 is 1.83 bits per heavy atom. The van der Waals surface area contributed by atoms with Crippen LogP contribution in [0.4, 0.5) is 0 Å². The van der Waals surface area contributed by atoms with Crippen molar-refractivity contribution in [2.75, 3.05) is 0 Å². The Balaban J connectivity index is 1.94. The van der Waals surface area contributed by atoms with Gasteiger partial charge in [-0.05, 0) is 49.1 Å². The number of halogens is 2. The van der Waals surface area contributed by atoms with E-state index in [9.17, 15) is 0 Å². The number of fused-ring (bicyclic) bond motifs is 3. The lowest BCUT2D eigenvalue weighted by molar-refractivity contribution is 0.767. The molecule has 0 aliphatic carbocycles. The van der Waals surface area contributed by atoms with Crippen LogP contribution < -0.4 is 0 Å². The van der Waals surface area contributed by atoms with Crippen LogP contribution in [-0.2, 0) is 12.8 Å². The highest BCUT2D eigenvalue weighted by Gasteiger charge is 2.23. The standard InChI is InChI=1S/C17H14Cl2N4/c1-9-13(7-20-8-15(9)19)12-5-11-3-4-16-22-21-10(2)23(16)17(11)14(18)6-12/h5-8H,3-4H2,1-2H3. The third-order valence-electron chi connectivity index (χ3n) is 4.34. The molecule has 0 fully saturated rings. The Hall–Kier alpha value is -1.91. The van der Waals surface area contributed by atoms with Crippen molar-refractivity contribution in [1.29, 1.82) is 0 Å². The summed E-state index contributed by atoms with van der Waals surface area (Å²) in [5.41, 5.74) is 5.24. The number of nitrogens with zero attached hydrogens (tertiary/aromatic N) is 4. The molecule has 1 aliphatic rings. The van der Waals surface area contributed by atoms with Crippen LogP contribution >= 0.6 is 23.2 Å². The van der Waals surface area contributed by atoms with Crippen LogP contribution in [-0.4, -0.2) is 19.7 Å². The summed E-state index contributed by atoms with van der Waals surface area (Å²) >= 11 is 12.8. The molecule has 2 aromatic heterocycles. The molecule has 0 spiro atoms. The summed E-state index contributed by atoms with van der Waals surface area (Å²) in [4.78, 5) is 4.20. The molecule has 0 saturated carbocycles. The zero-order chi connectivity index (χ0) is 16.1. The summed E-state index contributed by atoms with van der Waals surface area (Å²) in [6.07, 6.45) is 5.25. The van der Waals surface area contributed by atoms with Crippen molar-refractivity contribution in [3.63, 3.8) is 0 Å². The molecule has 0 atom stereocenters. The van der Waals surface area contributed by atoms with Crippen LogP contribution in [0, 0.1) is 13.8 Å². The first-order valence-corrected chi connectivity index (χ1v) is 8.16. The minimum Gasteiger partial charge on any atom is -0.281 e. The molecule has 23 heavy (non-hydrogen) atoms. The number of benzene rings is 1. The molecule has 0 unspecified atom stereocenters. The second-order valence-electron chi connectivity index (χ2n) is 5.76. The number of hydrogen-bond acceptors (Lipinski definition) is 3. The minimum absolute atomic E-state index is 0.660. The summed E-state index contributed by atoms with van der Waals surface area (Å²) < 4.78 is 2.05. The number of rotatable bonds is 1. The van der Waals surface area contributed by atoms with Gasteiger partial charge >= 0.3 is 0 Å². The predicted molar refractivity (Wildman–Crippen MR) is 91.5 cm³/mol. The first-order chi connectivity index (χ1) is 11.1. The van der Waals surface area contributed by atoms with Gasteiger partial charge in [0.15, 0.2) is 0 Å². The Morgan fingerprint density at radius 3 is 2.65 bits per heavy atom.